The monoisotopic (exact) mass is 396 g/mol. The summed E-state index contributed by atoms with van der Waals surface area (Å²) in [7, 11) is 3.15. The maximum atomic E-state index is 11.9. The molecule has 0 saturated carbocycles. The standard InChI is InChI=1S/C13H15BrCl2N2O3/c1-17-11(19)3-4-18(2)12(20)7-21-13-9(14)5-8(15)6-10(13)16/h5-6H,3-4,7H2,1-2H3,(H,17,19). The molecule has 0 aromatic heterocycles. The fourth-order valence-electron chi connectivity index (χ4n) is 1.43. The number of hydrogen-bond acceptors (Lipinski definition) is 3. The van der Waals surface area contributed by atoms with Gasteiger partial charge in [0.1, 0.15) is 0 Å². The molecule has 0 bridgehead atoms. The van der Waals surface area contributed by atoms with Gasteiger partial charge in [-0.05, 0) is 28.1 Å². The van der Waals surface area contributed by atoms with Crippen LogP contribution >= 0.6 is 39.1 Å². The molecule has 5 nitrogen and oxygen atoms in total. The number of amides is 2. The van der Waals surface area contributed by atoms with Gasteiger partial charge in [0.05, 0.1) is 9.50 Å². The van der Waals surface area contributed by atoms with E-state index in [1.54, 1.807) is 20.2 Å². The molecule has 0 spiro atoms. The summed E-state index contributed by atoms with van der Waals surface area (Å²) >= 11 is 15.1. The molecule has 0 saturated heterocycles. The lowest BCUT2D eigenvalue weighted by Crippen LogP contribution is -2.34. The number of halogens is 3. The Hall–Kier alpha value is -0.980. The van der Waals surface area contributed by atoms with E-state index in [0.29, 0.717) is 26.8 Å². The fourth-order valence-corrected chi connectivity index (χ4v) is 2.80. The quantitative estimate of drug-likeness (QED) is 0.802. The first-order valence-electron chi connectivity index (χ1n) is 6.07. The van der Waals surface area contributed by atoms with E-state index in [9.17, 15) is 9.59 Å². The molecule has 0 aliphatic rings. The SMILES string of the molecule is CNC(=O)CCN(C)C(=O)COc1c(Cl)cc(Cl)cc1Br. The Labute approximate surface area is 141 Å². The number of nitrogens with zero attached hydrogens (tertiary/aromatic N) is 1. The van der Waals surface area contributed by atoms with Crippen molar-refractivity contribution in [3.63, 3.8) is 0 Å². The first kappa shape index (κ1) is 18.1. The van der Waals surface area contributed by atoms with Crippen LogP contribution in [0.3, 0.4) is 0 Å². The Morgan fingerprint density at radius 3 is 2.62 bits per heavy atom. The number of nitrogens with one attached hydrogen (secondary N) is 1. The van der Waals surface area contributed by atoms with Gasteiger partial charge >= 0.3 is 0 Å². The Kier molecular flexibility index (Phi) is 7.28. The molecule has 116 valence electrons. The van der Waals surface area contributed by atoms with Crippen LogP contribution in [0.4, 0.5) is 0 Å². The molecule has 0 aliphatic carbocycles. The third kappa shape index (κ3) is 5.73. The highest BCUT2D eigenvalue weighted by molar-refractivity contribution is 9.10. The van der Waals surface area contributed by atoms with Gasteiger partial charge in [0, 0.05) is 32.1 Å². The number of rotatable bonds is 6. The summed E-state index contributed by atoms with van der Waals surface area (Å²) in [6.07, 6.45) is 0.240. The minimum Gasteiger partial charge on any atom is -0.481 e. The van der Waals surface area contributed by atoms with Crippen LogP contribution in [0.15, 0.2) is 16.6 Å². The lowest BCUT2D eigenvalue weighted by atomic mass is 10.3. The summed E-state index contributed by atoms with van der Waals surface area (Å²) < 4.78 is 5.98. The van der Waals surface area contributed by atoms with Crippen LogP contribution < -0.4 is 10.1 Å². The van der Waals surface area contributed by atoms with Crippen molar-refractivity contribution in [3.8, 4) is 5.75 Å². The third-order valence-corrected chi connectivity index (χ3v) is 3.77. The normalized spacial score (nSPS) is 10.1. The van der Waals surface area contributed by atoms with Crippen molar-refractivity contribution in [1.82, 2.24) is 10.2 Å². The van der Waals surface area contributed by atoms with Crippen LogP contribution in [0.25, 0.3) is 0 Å². The van der Waals surface area contributed by atoms with Crippen LogP contribution in [-0.2, 0) is 9.59 Å². The van der Waals surface area contributed by atoms with Crippen molar-refractivity contribution in [3.05, 3.63) is 26.7 Å². The molecule has 1 N–H and O–H groups in total. The van der Waals surface area contributed by atoms with Gasteiger partial charge in [0.2, 0.25) is 5.91 Å². The van der Waals surface area contributed by atoms with Gasteiger partial charge in [-0.3, -0.25) is 9.59 Å². The summed E-state index contributed by atoms with van der Waals surface area (Å²) in [4.78, 5) is 24.4. The van der Waals surface area contributed by atoms with Gasteiger partial charge in [0.15, 0.2) is 12.4 Å². The van der Waals surface area contributed by atoms with Gasteiger partial charge in [-0.15, -0.1) is 0 Å². The molecular formula is C13H15BrCl2N2O3. The van der Waals surface area contributed by atoms with Crippen molar-refractivity contribution in [2.45, 2.75) is 6.42 Å². The van der Waals surface area contributed by atoms with Gasteiger partial charge in [-0.1, -0.05) is 23.2 Å². The fraction of sp³-hybridized carbons (Fsp3) is 0.385. The van der Waals surface area contributed by atoms with E-state index in [-0.39, 0.29) is 24.8 Å². The molecule has 0 heterocycles. The summed E-state index contributed by atoms with van der Waals surface area (Å²) in [6, 6.07) is 3.16. The second-order valence-electron chi connectivity index (χ2n) is 4.23. The van der Waals surface area contributed by atoms with E-state index < -0.39 is 0 Å². The van der Waals surface area contributed by atoms with Crippen molar-refractivity contribution < 1.29 is 14.3 Å². The van der Waals surface area contributed by atoms with Crippen LogP contribution in [0, 0.1) is 0 Å². The Bertz CT molecular complexity index is 517. The number of carbonyl (C=O) groups excluding carboxylic acids is 2. The van der Waals surface area contributed by atoms with Gasteiger partial charge in [0.25, 0.3) is 5.91 Å². The molecule has 2 amide bonds. The second-order valence-corrected chi connectivity index (χ2v) is 5.92. The molecule has 0 fully saturated rings. The lowest BCUT2D eigenvalue weighted by molar-refractivity contribution is -0.132. The van der Waals surface area contributed by atoms with Gasteiger partial charge in [-0.2, -0.15) is 0 Å². The van der Waals surface area contributed by atoms with Crippen molar-refractivity contribution >= 4 is 50.9 Å². The molecule has 0 unspecified atom stereocenters. The molecule has 1 rings (SSSR count). The smallest absolute Gasteiger partial charge is 0.260 e. The molecule has 1 aromatic carbocycles. The van der Waals surface area contributed by atoms with Crippen LogP contribution in [0.1, 0.15) is 6.42 Å². The predicted octanol–water partition coefficient (Wildman–Crippen LogP) is 2.73. The number of benzene rings is 1. The summed E-state index contributed by atoms with van der Waals surface area (Å²) in [6.45, 7) is 0.140. The molecule has 1 aromatic rings. The van der Waals surface area contributed by atoms with Crippen LogP contribution in [0.5, 0.6) is 5.75 Å². The van der Waals surface area contributed by atoms with Crippen LogP contribution in [0.2, 0.25) is 10.0 Å². The molecule has 0 atom stereocenters. The second kappa shape index (κ2) is 8.46. The first-order valence-corrected chi connectivity index (χ1v) is 7.62. The Balaban J connectivity index is 2.55. The van der Waals surface area contributed by atoms with Crippen LogP contribution in [-0.4, -0.2) is 44.0 Å². The zero-order valence-electron chi connectivity index (χ0n) is 11.6. The summed E-state index contributed by atoms with van der Waals surface area (Å²) in [5, 5.41) is 3.27. The average molecular weight is 398 g/mol. The van der Waals surface area contributed by atoms with E-state index in [1.807, 2.05) is 0 Å². The van der Waals surface area contributed by atoms with E-state index in [2.05, 4.69) is 21.2 Å². The molecular weight excluding hydrogens is 383 g/mol. The molecule has 0 radical (unpaired) electrons. The Morgan fingerprint density at radius 2 is 2.05 bits per heavy atom. The minimum absolute atomic E-state index is 0.126. The maximum Gasteiger partial charge on any atom is 0.260 e. The minimum atomic E-state index is -0.253. The highest BCUT2D eigenvalue weighted by Crippen LogP contribution is 2.35. The van der Waals surface area contributed by atoms with E-state index >= 15 is 0 Å². The zero-order chi connectivity index (χ0) is 16.0. The molecule has 21 heavy (non-hydrogen) atoms. The number of ether oxygens (including phenoxy) is 1. The topological polar surface area (TPSA) is 58.6 Å². The Morgan fingerprint density at radius 1 is 1.38 bits per heavy atom. The zero-order valence-corrected chi connectivity index (χ0v) is 14.7. The highest BCUT2D eigenvalue weighted by Gasteiger charge is 2.14. The van der Waals surface area contributed by atoms with E-state index in [4.69, 9.17) is 27.9 Å². The van der Waals surface area contributed by atoms with E-state index in [1.165, 1.54) is 11.0 Å². The first-order chi connectivity index (χ1) is 9.85. The van der Waals surface area contributed by atoms with Crippen molar-refractivity contribution in [2.24, 2.45) is 0 Å². The summed E-state index contributed by atoms with van der Waals surface area (Å²) in [5.41, 5.74) is 0. The molecule has 0 aliphatic heterocycles. The van der Waals surface area contributed by atoms with Gasteiger partial charge < -0.3 is 15.0 Å². The van der Waals surface area contributed by atoms with Crippen molar-refractivity contribution in [2.75, 3.05) is 27.2 Å². The highest BCUT2D eigenvalue weighted by atomic mass is 79.9. The van der Waals surface area contributed by atoms with Crippen molar-refractivity contribution in [1.29, 1.82) is 0 Å². The van der Waals surface area contributed by atoms with E-state index in [0.717, 1.165) is 0 Å². The average Bonchev–Trinajstić information content (AvgIpc) is 2.42. The predicted molar refractivity (Wildman–Crippen MR) is 86.0 cm³/mol. The maximum absolute atomic E-state index is 11.9. The molecule has 8 heteroatoms. The largest absolute Gasteiger partial charge is 0.481 e. The lowest BCUT2D eigenvalue weighted by Gasteiger charge is -2.17. The number of likely N-dealkylation sites (N-methyl/N-ethyl adjacent to an activating group) is 1. The number of hydrogen-bond donors (Lipinski definition) is 1. The van der Waals surface area contributed by atoms with Gasteiger partial charge in [-0.25, -0.2) is 0 Å². The number of carbonyl (C=O) groups is 2. The third-order valence-electron chi connectivity index (χ3n) is 2.68. The summed E-state index contributed by atoms with van der Waals surface area (Å²) in [5.74, 6) is -0.0232.